The number of nitrogens with one attached hydrogen (secondary N) is 2. The second-order valence-corrected chi connectivity index (χ2v) is 5.70. The number of amides is 2. The molecular formula is C20H20N2O4. The number of carboxylic acids is 1. The number of aliphatic carboxylic acids is 1. The van der Waals surface area contributed by atoms with Gasteiger partial charge in [-0.2, -0.15) is 0 Å². The van der Waals surface area contributed by atoms with Crippen molar-refractivity contribution < 1.29 is 19.5 Å². The van der Waals surface area contributed by atoms with Crippen molar-refractivity contribution in [1.29, 1.82) is 0 Å². The molecule has 0 radical (unpaired) electrons. The first-order chi connectivity index (χ1) is 12.5. The van der Waals surface area contributed by atoms with Gasteiger partial charge in [0.15, 0.2) is 0 Å². The van der Waals surface area contributed by atoms with Crippen LogP contribution in [0.4, 0.5) is 0 Å². The average molecular weight is 352 g/mol. The molecule has 0 aliphatic heterocycles. The first kappa shape index (κ1) is 18.9. The lowest BCUT2D eigenvalue weighted by molar-refractivity contribution is -0.141. The molecule has 1 atom stereocenters. The Bertz CT molecular complexity index is 801. The van der Waals surface area contributed by atoms with E-state index in [1.807, 2.05) is 12.1 Å². The van der Waals surface area contributed by atoms with Gasteiger partial charge in [-0.05, 0) is 17.2 Å². The Hall–Kier alpha value is -3.41. The molecule has 0 spiro atoms. The summed E-state index contributed by atoms with van der Waals surface area (Å²) < 4.78 is 0. The highest BCUT2D eigenvalue weighted by atomic mass is 16.4. The van der Waals surface area contributed by atoms with Crippen molar-refractivity contribution in [2.24, 2.45) is 0 Å². The number of hydrogen-bond donors (Lipinski definition) is 3. The van der Waals surface area contributed by atoms with Gasteiger partial charge in [-0.15, -0.1) is 0 Å². The summed E-state index contributed by atoms with van der Waals surface area (Å²) in [6.07, 6.45) is 1.64. The zero-order valence-corrected chi connectivity index (χ0v) is 14.3. The van der Waals surface area contributed by atoms with Gasteiger partial charge in [0, 0.05) is 13.3 Å². The normalized spacial score (nSPS) is 12.1. The van der Waals surface area contributed by atoms with E-state index in [0.29, 0.717) is 5.56 Å². The van der Waals surface area contributed by atoms with Gasteiger partial charge in [0.1, 0.15) is 11.7 Å². The Morgan fingerprint density at radius 3 is 2.12 bits per heavy atom. The quantitative estimate of drug-likeness (QED) is 0.664. The molecule has 0 saturated carbocycles. The topological polar surface area (TPSA) is 95.5 Å². The molecule has 3 N–H and O–H groups in total. The van der Waals surface area contributed by atoms with Crippen LogP contribution in [-0.4, -0.2) is 28.9 Å². The summed E-state index contributed by atoms with van der Waals surface area (Å²) in [7, 11) is 0. The second kappa shape index (κ2) is 9.17. The van der Waals surface area contributed by atoms with Crippen LogP contribution < -0.4 is 10.6 Å². The number of benzene rings is 2. The van der Waals surface area contributed by atoms with Gasteiger partial charge < -0.3 is 15.7 Å². The molecule has 6 heteroatoms. The van der Waals surface area contributed by atoms with E-state index in [1.54, 1.807) is 48.5 Å². The summed E-state index contributed by atoms with van der Waals surface area (Å²) in [6, 6.07) is 16.9. The van der Waals surface area contributed by atoms with Gasteiger partial charge >= 0.3 is 5.97 Å². The molecule has 134 valence electrons. The smallest absolute Gasteiger partial charge is 0.326 e. The first-order valence-corrected chi connectivity index (χ1v) is 8.07. The van der Waals surface area contributed by atoms with E-state index in [9.17, 15) is 19.5 Å². The monoisotopic (exact) mass is 352 g/mol. The highest BCUT2D eigenvalue weighted by Crippen LogP contribution is 2.07. The minimum absolute atomic E-state index is 0.0111. The highest BCUT2D eigenvalue weighted by molar-refractivity contribution is 6.02. The number of rotatable bonds is 7. The summed E-state index contributed by atoms with van der Waals surface area (Å²) >= 11 is 0. The van der Waals surface area contributed by atoms with Gasteiger partial charge in [-0.1, -0.05) is 60.7 Å². The molecule has 2 aromatic carbocycles. The predicted octanol–water partition coefficient (Wildman–Crippen LogP) is 1.98. The first-order valence-electron chi connectivity index (χ1n) is 8.07. The van der Waals surface area contributed by atoms with Crippen LogP contribution in [0.5, 0.6) is 0 Å². The van der Waals surface area contributed by atoms with Crippen molar-refractivity contribution in [3.8, 4) is 0 Å². The number of hydrogen-bond acceptors (Lipinski definition) is 3. The Morgan fingerprint density at radius 2 is 1.58 bits per heavy atom. The minimum Gasteiger partial charge on any atom is -0.480 e. The zero-order chi connectivity index (χ0) is 18.9. The number of carboxylic acid groups (broad SMARTS) is 1. The van der Waals surface area contributed by atoms with E-state index in [2.05, 4.69) is 10.6 Å². The van der Waals surface area contributed by atoms with Crippen molar-refractivity contribution in [3.05, 3.63) is 77.5 Å². The van der Waals surface area contributed by atoms with Crippen LogP contribution >= 0.6 is 0 Å². The third-order valence-electron chi connectivity index (χ3n) is 3.55. The van der Waals surface area contributed by atoms with Crippen molar-refractivity contribution in [2.45, 2.75) is 19.4 Å². The summed E-state index contributed by atoms with van der Waals surface area (Å²) in [4.78, 5) is 35.5. The van der Waals surface area contributed by atoms with Crippen LogP contribution in [0.2, 0.25) is 0 Å². The van der Waals surface area contributed by atoms with E-state index in [1.165, 1.54) is 13.0 Å². The van der Waals surface area contributed by atoms with Crippen LogP contribution in [0.15, 0.2) is 66.4 Å². The average Bonchev–Trinajstić information content (AvgIpc) is 2.62. The number of carbonyl (C=O) groups is 3. The molecule has 2 amide bonds. The summed E-state index contributed by atoms with van der Waals surface area (Å²) in [5.41, 5.74) is 1.48. The molecule has 2 aromatic rings. The lowest BCUT2D eigenvalue weighted by atomic mass is 10.1. The van der Waals surface area contributed by atoms with E-state index >= 15 is 0 Å². The Labute approximate surface area is 151 Å². The largest absolute Gasteiger partial charge is 0.480 e. The predicted molar refractivity (Wildman–Crippen MR) is 97.9 cm³/mol. The summed E-state index contributed by atoms with van der Waals surface area (Å²) in [5.74, 6) is -2.23. The van der Waals surface area contributed by atoms with Crippen molar-refractivity contribution >= 4 is 23.9 Å². The molecule has 0 saturated heterocycles. The molecule has 26 heavy (non-hydrogen) atoms. The van der Waals surface area contributed by atoms with Gasteiger partial charge in [0.25, 0.3) is 5.91 Å². The van der Waals surface area contributed by atoms with Crippen molar-refractivity contribution in [2.75, 3.05) is 0 Å². The fourth-order valence-corrected chi connectivity index (χ4v) is 2.35. The molecule has 0 aromatic heterocycles. The van der Waals surface area contributed by atoms with Crippen LogP contribution in [0.25, 0.3) is 6.08 Å². The minimum atomic E-state index is -1.15. The fraction of sp³-hybridized carbons (Fsp3) is 0.150. The van der Waals surface area contributed by atoms with Gasteiger partial charge in [0.2, 0.25) is 5.91 Å². The molecule has 0 heterocycles. The Morgan fingerprint density at radius 1 is 1.00 bits per heavy atom. The maximum Gasteiger partial charge on any atom is 0.326 e. The van der Waals surface area contributed by atoms with E-state index < -0.39 is 23.8 Å². The summed E-state index contributed by atoms with van der Waals surface area (Å²) in [5, 5.41) is 14.3. The molecule has 0 bridgehead atoms. The van der Waals surface area contributed by atoms with Gasteiger partial charge in [-0.3, -0.25) is 9.59 Å². The Balaban J connectivity index is 2.19. The SMILES string of the molecule is CC(=O)N/C(=C\c1ccccc1)C(=O)N[C@H](Cc1ccccc1)C(=O)O. The second-order valence-electron chi connectivity index (χ2n) is 5.70. The maximum atomic E-state index is 12.5. The zero-order valence-electron chi connectivity index (χ0n) is 14.3. The molecule has 6 nitrogen and oxygen atoms in total. The van der Waals surface area contributed by atoms with E-state index in [4.69, 9.17) is 0 Å². The number of carbonyl (C=O) groups excluding carboxylic acids is 2. The molecule has 0 aliphatic carbocycles. The fourth-order valence-electron chi connectivity index (χ4n) is 2.35. The third-order valence-corrected chi connectivity index (χ3v) is 3.55. The highest BCUT2D eigenvalue weighted by Gasteiger charge is 2.22. The third kappa shape index (κ3) is 5.90. The Kier molecular flexibility index (Phi) is 6.68. The molecule has 2 rings (SSSR count). The van der Waals surface area contributed by atoms with Crippen molar-refractivity contribution in [1.82, 2.24) is 10.6 Å². The van der Waals surface area contributed by atoms with E-state index in [0.717, 1.165) is 5.56 Å². The summed E-state index contributed by atoms with van der Waals surface area (Å²) in [6.45, 7) is 1.28. The standard InChI is InChI=1S/C20H20N2O4/c1-14(23)21-17(12-15-8-4-2-5-9-15)19(24)22-18(20(25)26)13-16-10-6-3-7-11-16/h2-12,18H,13H2,1H3,(H,21,23)(H,22,24)(H,25,26)/b17-12-/t18-/m1/s1. The lowest BCUT2D eigenvalue weighted by Gasteiger charge is -2.16. The molecule has 0 unspecified atom stereocenters. The molecule has 0 fully saturated rings. The maximum absolute atomic E-state index is 12.5. The van der Waals surface area contributed by atoms with Gasteiger partial charge in [-0.25, -0.2) is 4.79 Å². The molecule has 0 aliphatic rings. The van der Waals surface area contributed by atoms with Crippen LogP contribution in [0, 0.1) is 0 Å². The van der Waals surface area contributed by atoms with Crippen LogP contribution in [0.3, 0.4) is 0 Å². The van der Waals surface area contributed by atoms with Crippen molar-refractivity contribution in [3.63, 3.8) is 0 Å². The lowest BCUT2D eigenvalue weighted by Crippen LogP contribution is -2.45. The van der Waals surface area contributed by atoms with Crippen LogP contribution in [-0.2, 0) is 20.8 Å². The van der Waals surface area contributed by atoms with E-state index in [-0.39, 0.29) is 12.1 Å². The van der Waals surface area contributed by atoms with Gasteiger partial charge in [0.05, 0.1) is 0 Å². The molecular weight excluding hydrogens is 332 g/mol. The van der Waals surface area contributed by atoms with Crippen LogP contribution in [0.1, 0.15) is 18.1 Å².